The maximum absolute atomic E-state index is 10.7. The molecule has 0 spiro atoms. The van der Waals surface area contributed by atoms with E-state index in [1.54, 1.807) is 12.4 Å². The minimum Gasteiger partial charge on any atom is -0.396 e. The fraction of sp³-hybridized carbons (Fsp3) is 0.478. The predicted octanol–water partition coefficient (Wildman–Crippen LogP) is 4.47. The Kier molecular flexibility index (Phi) is 5.43. The number of anilines is 1. The lowest BCUT2D eigenvalue weighted by atomic mass is 9.85. The van der Waals surface area contributed by atoms with Crippen LogP contribution in [0.25, 0.3) is 22.4 Å². The maximum atomic E-state index is 10.7. The van der Waals surface area contributed by atoms with Crippen molar-refractivity contribution in [3.63, 3.8) is 0 Å². The Balaban J connectivity index is 1.70. The summed E-state index contributed by atoms with van der Waals surface area (Å²) in [5.41, 5.74) is 4.32. The molecule has 2 aromatic heterocycles. The van der Waals surface area contributed by atoms with Crippen LogP contribution in [-0.2, 0) is 4.89 Å². The first kappa shape index (κ1) is 21.2. The van der Waals surface area contributed by atoms with Gasteiger partial charge in [0.2, 0.25) is 6.10 Å². The molecule has 0 aliphatic carbocycles. The molecule has 0 amide bonds. The zero-order chi connectivity index (χ0) is 22.2. The molecule has 0 saturated carbocycles. The second-order valence-corrected chi connectivity index (χ2v) is 9.80. The first-order chi connectivity index (χ1) is 14.7. The normalized spacial score (nSPS) is 20.2. The number of aromatic amines is 1. The Labute approximate surface area is 181 Å². The molecule has 164 valence electrons. The van der Waals surface area contributed by atoms with E-state index in [1.807, 2.05) is 32.9 Å². The minimum atomic E-state index is -0.601. The monoisotopic (exact) mass is 425 g/mol. The molecular formula is C23H29N4O4+. The van der Waals surface area contributed by atoms with Gasteiger partial charge in [-0.15, -0.1) is 0 Å². The molecule has 8 nitrogen and oxygen atoms in total. The molecule has 4 rings (SSSR count). The summed E-state index contributed by atoms with van der Waals surface area (Å²) in [6.45, 7) is 9.92. The van der Waals surface area contributed by atoms with E-state index in [9.17, 15) is 10.1 Å². The van der Waals surface area contributed by atoms with Crippen molar-refractivity contribution in [3.05, 3.63) is 51.9 Å². The van der Waals surface area contributed by atoms with Gasteiger partial charge in [0.25, 0.3) is 4.96 Å². The molecule has 1 fully saturated rings. The highest BCUT2D eigenvalue weighted by molar-refractivity contribution is 5.79. The van der Waals surface area contributed by atoms with Gasteiger partial charge in [0.15, 0.2) is 5.65 Å². The SMILES string of the molecule is CC1(CO)CCN(c2cccc(-c3cnc4[nH]cc(C(O[O+]=O)C(C)(C)C)c4n3)c2)C1. The quantitative estimate of drug-likeness (QED) is 0.343. The zero-order valence-electron chi connectivity index (χ0n) is 18.4. The third kappa shape index (κ3) is 4.12. The van der Waals surface area contributed by atoms with Crippen molar-refractivity contribution in [1.29, 1.82) is 0 Å². The summed E-state index contributed by atoms with van der Waals surface area (Å²) in [5, 5.41) is 9.68. The number of fused-ring (bicyclic) bond motifs is 1. The highest BCUT2D eigenvalue weighted by atomic mass is 17.3. The Hall–Kier alpha value is -3.00. The van der Waals surface area contributed by atoms with Crippen molar-refractivity contribution < 1.29 is 9.99 Å². The highest BCUT2D eigenvalue weighted by Gasteiger charge is 2.37. The van der Waals surface area contributed by atoms with E-state index in [-0.39, 0.29) is 17.4 Å². The van der Waals surface area contributed by atoms with Gasteiger partial charge in [0, 0.05) is 46.9 Å². The largest absolute Gasteiger partial charge is 0.396 e. The molecule has 0 radical (unpaired) electrons. The van der Waals surface area contributed by atoms with E-state index in [2.05, 4.69) is 38.7 Å². The van der Waals surface area contributed by atoms with E-state index in [0.717, 1.165) is 42.0 Å². The Morgan fingerprint density at radius 3 is 2.87 bits per heavy atom. The van der Waals surface area contributed by atoms with E-state index in [0.29, 0.717) is 11.2 Å². The van der Waals surface area contributed by atoms with Crippen molar-refractivity contribution in [3.8, 4) is 11.3 Å². The molecule has 1 aliphatic heterocycles. The maximum Gasteiger partial charge on any atom is 0.377 e. The molecule has 1 aliphatic rings. The minimum absolute atomic E-state index is 0.0691. The highest BCUT2D eigenvalue weighted by Crippen LogP contribution is 2.39. The lowest BCUT2D eigenvalue weighted by Crippen LogP contribution is -2.27. The smallest absolute Gasteiger partial charge is 0.377 e. The second-order valence-electron chi connectivity index (χ2n) is 9.80. The summed E-state index contributed by atoms with van der Waals surface area (Å²) in [6, 6.07) is 8.19. The Bertz CT molecular complexity index is 1090. The predicted molar refractivity (Wildman–Crippen MR) is 121 cm³/mol. The zero-order valence-corrected chi connectivity index (χ0v) is 18.4. The van der Waals surface area contributed by atoms with Crippen LogP contribution in [0.1, 0.15) is 45.8 Å². The van der Waals surface area contributed by atoms with E-state index in [4.69, 9.17) is 9.87 Å². The summed E-state index contributed by atoms with van der Waals surface area (Å²) in [5.74, 6) is 0. The standard InChI is InChI=1S/C23H29N4O4/c1-22(2,3)20(30-31-29)17-11-24-21-19(17)26-18(12-25-21)15-6-5-7-16(10-15)27-9-8-23(4,13-27)14-28/h5-7,10-12,20,28H,8-9,13-14H2,1-4H3,(H,24,25)/q+1. The van der Waals surface area contributed by atoms with Gasteiger partial charge in [-0.05, 0) is 18.6 Å². The number of aromatic nitrogens is 3. The average molecular weight is 426 g/mol. The van der Waals surface area contributed by atoms with E-state index < -0.39 is 6.10 Å². The van der Waals surface area contributed by atoms with Crippen molar-refractivity contribution in [2.45, 2.75) is 40.2 Å². The van der Waals surface area contributed by atoms with Crippen LogP contribution < -0.4 is 4.90 Å². The van der Waals surface area contributed by atoms with E-state index >= 15 is 0 Å². The average Bonchev–Trinajstić information content (AvgIpc) is 3.35. The number of aliphatic hydroxyl groups excluding tert-OH is 1. The van der Waals surface area contributed by atoms with Crippen molar-refractivity contribution in [1.82, 2.24) is 15.0 Å². The number of nitrogens with zero attached hydrogens (tertiary/aromatic N) is 3. The summed E-state index contributed by atoms with van der Waals surface area (Å²) < 4.78 is 3.78. The fourth-order valence-electron chi connectivity index (χ4n) is 4.19. The van der Waals surface area contributed by atoms with Crippen LogP contribution in [0.5, 0.6) is 0 Å². The summed E-state index contributed by atoms with van der Waals surface area (Å²) in [6.07, 6.45) is 3.86. The molecule has 3 heterocycles. The van der Waals surface area contributed by atoms with Crippen molar-refractivity contribution >= 4 is 16.9 Å². The first-order valence-electron chi connectivity index (χ1n) is 10.5. The first-order valence-corrected chi connectivity index (χ1v) is 10.5. The van der Waals surface area contributed by atoms with E-state index in [1.165, 1.54) is 0 Å². The molecule has 2 atom stereocenters. The number of rotatable bonds is 6. The molecule has 31 heavy (non-hydrogen) atoms. The van der Waals surface area contributed by atoms with Crippen LogP contribution in [0.2, 0.25) is 0 Å². The summed E-state index contributed by atoms with van der Waals surface area (Å²) in [4.78, 5) is 30.6. The number of nitrogens with one attached hydrogen (secondary N) is 1. The number of benzene rings is 1. The lowest BCUT2D eigenvalue weighted by Gasteiger charge is -2.23. The Morgan fingerprint density at radius 2 is 2.19 bits per heavy atom. The molecular weight excluding hydrogens is 396 g/mol. The number of hydrogen-bond acceptors (Lipinski definition) is 6. The Morgan fingerprint density at radius 1 is 1.39 bits per heavy atom. The summed E-state index contributed by atoms with van der Waals surface area (Å²) in [7, 11) is 0. The lowest BCUT2D eigenvalue weighted by molar-refractivity contribution is 0.0401. The van der Waals surface area contributed by atoms with Crippen molar-refractivity contribution in [2.75, 3.05) is 24.6 Å². The number of H-pyrrole nitrogens is 1. The van der Waals surface area contributed by atoms with Crippen LogP contribution in [-0.4, -0.2) is 39.8 Å². The summed E-state index contributed by atoms with van der Waals surface area (Å²) >= 11 is 0. The van der Waals surface area contributed by atoms with Crippen LogP contribution in [0.4, 0.5) is 5.69 Å². The van der Waals surface area contributed by atoms with Gasteiger partial charge in [0.1, 0.15) is 5.52 Å². The van der Waals surface area contributed by atoms with Gasteiger partial charge < -0.3 is 15.0 Å². The van der Waals surface area contributed by atoms with Crippen LogP contribution in [0, 0.1) is 20.5 Å². The van der Waals surface area contributed by atoms with Crippen LogP contribution >= 0.6 is 0 Å². The number of aliphatic hydroxyl groups is 1. The van der Waals surface area contributed by atoms with Crippen LogP contribution in [0.3, 0.4) is 0 Å². The molecule has 8 heteroatoms. The third-order valence-electron chi connectivity index (χ3n) is 6.06. The van der Waals surface area contributed by atoms with Gasteiger partial charge in [-0.3, -0.25) is 0 Å². The van der Waals surface area contributed by atoms with Gasteiger partial charge in [0.05, 0.1) is 18.5 Å². The van der Waals surface area contributed by atoms with Crippen LogP contribution in [0.15, 0.2) is 36.7 Å². The molecule has 2 N–H and O–H groups in total. The third-order valence-corrected chi connectivity index (χ3v) is 6.06. The molecule has 2 unspecified atom stereocenters. The molecule has 1 saturated heterocycles. The van der Waals surface area contributed by atoms with Gasteiger partial charge >= 0.3 is 4.75 Å². The van der Waals surface area contributed by atoms with Crippen molar-refractivity contribution in [2.24, 2.45) is 10.8 Å². The number of hydrogen-bond donors (Lipinski definition) is 2. The topological polar surface area (TPSA) is 103 Å². The molecule has 1 aromatic carbocycles. The van der Waals surface area contributed by atoms with Gasteiger partial charge in [-0.25, -0.2) is 9.97 Å². The van der Waals surface area contributed by atoms with Gasteiger partial charge in [-0.1, -0.05) is 44.7 Å². The molecule has 3 aromatic rings. The molecule has 0 bridgehead atoms. The van der Waals surface area contributed by atoms with Gasteiger partial charge in [-0.2, -0.15) is 0 Å². The second kappa shape index (κ2) is 7.92. The fourth-order valence-corrected chi connectivity index (χ4v) is 4.19.